The second kappa shape index (κ2) is 8.65. The zero-order chi connectivity index (χ0) is 18.3. The van der Waals surface area contributed by atoms with Crippen molar-refractivity contribution in [1.82, 2.24) is 20.4 Å². The van der Waals surface area contributed by atoms with Crippen LogP contribution in [0.3, 0.4) is 0 Å². The number of aliphatic imine (C=N–C) groups is 1. The lowest BCUT2D eigenvalue weighted by molar-refractivity contribution is 0.441. The maximum Gasteiger partial charge on any atom is 0.191 e. The molecule has 136 valence electrons. The fraction of sp³-hybridized carbons (Fsp3) is 0.474. The van der Waals surface area contributed by atoms with Crippen LogP contribution in [-0.4, -0.2) is 35.9 Å². The highest BCUT2D eigenvalue weighted by Crippen LogP contribution is 2.22. The first-order valence-electron chi connectivity index (χ1n) is 8.58. The van der Waals surface area contributed by atoms with Gasteiger partial charge in [-0.2, -0.15) is 5.10 Å². The van der Waals surface area contributed by atoms with Crippen LogP contribution in [0.15, 0.2) is 47.7 Å². The standard InChI is InChI=1S/C19H28FN5/c1-15(13-25-10-6-9-24-25)12-22-18(21-4)23-14-19(2,3)16-7-5-8-17(20)11-16/h5-11,15H,12-14H2,1-4H3,(H2,21,22,23). The van der Waals surface area contributed by atoms with E-state index in [9.17, 15) is 4.39 Å². The fourth-order valence-corrected chi connectivity index (χ4v) is 2.60. The van der Waals surface area contributed by atoms with Gasteiger partial charge >= 0.3 is 0 Å². The van der Waals surface area contributed by atoms with Crippen molar-refractivity contribution in [2.45, 2.75) is 32.7 Å². The third-order valence-electron chi connectivity index (χ3n) is 4.20. The molecule has 0 bridgehead atoms. The first kappa shape index (κ1) is 19.0. The minimum atomic E-state index is -0.208. The Hall–Kier alpha value is -2.37. The Kier molecular flexibility index (Phi) is 6.56. The molecule has 2 N–H and O–H groups in total. The highest BCUT2D eigenvalue weighted by atomic mass is 19.1. The Morgan fingerprint density at radius 3 is 2.76 bits per heavy atom. The topological polar surface area (TPSA) is 54.2 Å². The Bertz CT molecular complexity index is 679. The molecule has 6 heteroatoms. The minimum Gasteiger partial charge on any atom is -0.356 e. The van der Waals surface area contributed by atoms with Crippen LogP contribution in [0.25, 0.3) is 0 Å². The van der Waals surface area contributed by atoms with E-state index in [2.05, 4.69) is 41.5 Å². The van der Waals surface area contributed by atoms with Crippen molar-refractivity contribution >= 4 is 5.96 Å². The molecule has 0 aliphatic heterocycles. The molecule has 1 atom stereocenters. The van der Waals surface area contributed by atoms with Gasteiger partial charge in [0.2, 0.25) is 0 Å². The third-order valence-corrected chi connectivity index (χ3v) is 4.20. The maximum absolute atomic E-state index is 13.5. The van der Waals surface area contributed by atoms with E-state index < -0.39 is 0 Å². The van der Waals surface area contributed by atoms with Gasteiger partial charge in [0.05, 0.1) is 0 Å². The van der Waals surface area contributed by atoms with Gasteiger partial charge in [-0.05, 0) is 29.7 Å². The normalized spacial score (nSPS) is 13.6. The lowest BCUT2D eigenvalue weighted by atomic mass is 9.84. The van der Waals surface area contributed by atoms with Crippen LogP contribution >= 0.6 is 0 Å². The molecule has 1 heterocycles. The van der Waals surface area contributed by atoms with Gasteiger partial charge in [0.25, 0.3) is 0 Å². The minimum absolute atomic E-state index is 0.208. The molecule has 0 spiro atoms. The van der Waals surface area contributed by atoms with Crippen LogP contribution < -0.4 is 10.6 Å². The van der Waals surface area contributed by atoms with Gasteiger partial charge < -0.3 is 10.6 Å². The van der Waals surface area contributed by atoms with E-state index in [1.54, 1.807) is 25.4 Å². The van der Waals surface area contributed by atoms with Crippen molar-refractivity contribution in [1.29, 1.82) is 0 Å². The van der Waals surface area contributed by atoms with E-state index in [1.165, 1.54) is 6.07 Å². The molecule has 25 heavy (non-hydrogen) atoms. The summed E-state index contributed by atoms with van der Waals surface area (Å²) in [6.07, 6.45) is 3.75. The van der Waals surface area contributed by atoms with Gasteiger partial charge in [-0.15, -0.1) is 0 Å². The summed E-state index contributed by atoms with van der Waals surface area (Å²) in [5.74, 6) is 0.951. The highest BCUT2D eigenvalue weighted by molar-refractivity contribution is 5.79. The summed E-state index contributed by atoms with van der Waals surface area (Å²) >= 11 is 0. The lowest BCUT2D eigenvalue weighted by Crippen LogP contribution is -2.44. The van der Waals surface area contributed by atoms with Crippen molar-refractivity contribution in [2.75, 3.05) is 20.1 Å². The molecule has 0 saturated heterocycles. The molecule has 0 radical (unpaired) electrons. The van der Waals surface area contributed by atoms with Crippen molar-refractivity contribution in [3.05, 3.63) is 54.1 Å². The number of nitrogens with zero attached hydrogens (tertiary/aromatic N) is 3. The summed E-state index contributed by atoms with van der Waals surface area (Å²) in [4.78, 5) is 4.27. The molecule has 1 unspecified atom stereocenters. The van der Waals surface area contributed by atoms with E-state index in [0.29, 0.717) is 12.5 Å². The molecular weight excluding hydrogens is 317 g/mol. The first-order chi connectivity index (χ1) is 11.9. The fourth-order valence-electron chi connectivity index (χ4n) is 2.60. The number of guanidine groups is 1. The van der Waals surface area contributed by atoms with Gasteiger partial charge in [-0.3, -0.25) is 9.67 Å². The zero-order valence-corrected chi connectivity index (χ0v) is 15.5. The van der Waals surface area contributed by atoms with Crippen molar-refractivity contribution in [3.63, 3.8) is 0 Å². The summed E-state index contributed by atoms with van der Waals surface area (Å²) in [5, 5.41) is 10.9. The van der Waals surface area contributed by atoms with Gasteiger partial charge in [0, 0.05) is 44.5 Å². The number of hydrogen-bond donors (Lipinski definition) is 2. The first-order valence-corrected chi connectivity index (χ1v) is 8.58. The van der Waals surface area contributed by atoms with Crippen molar-refractivity contribution in [2.24, 2.45) is 10.9 Å². The molecule has 1 aromatic carbocycles. The lowest BCUT2D eigenvalue weighted by Gasteiger charge is -2.27. The molecular formula is C19H28FN5. The molecule has 0 aliphatic carbocycles. The second-order valence-corrected chi connectivity index (χ2v) is 7.03. The highest BCUT2D eigenvalue weighted by Gasteiger charge is 2.21. The van der Waals surface area contributed by atoms with Crippen LogP contribution in [0.2, 0.25) is 0 Å². The number of rotatable bonds is 7. The summed E-state index contributed by atoms with van der Waals surface area (Å²) < 4.78 is 15.4. The molecule has 0 aliphatic rings. The molecule has 2 rings (SSSR count). The second-order valence-electron chi connectivity index (χ2n) is 7.03. The molecule has 5 nitrogen and oxygen atoms in total. The molecule has 0 saturated carbocycles. The number of benzene rings is 1. The van der Waals surface area contributed by atoms with Crippen LogP contribution in [-0.2, 0) is 12.0 Å². The summed E-state index contributed by atoms with van der Waals surface area (Å²) in [6, 6.07) is 8.68. The summed E-state index contributed by atoms with van der Waals surface area (Å²) in [5.41, 5.74) is 0.753. The van der Waals surface area contributed by atoms with Crippen LogP contribution in [0.5, 0.6) is 0 Å². The Balaban J connectivity index is 1.83. The average Bonchev–Trinajstić information content (AvgIpc) is 3.08. The van der Waals surface area contributed by atoms with Gasteiger partial charge in [0.15, 0.2) is 5.96 Å². The van der Waals surface area contributed by atoms with Gasteiger partial charge in [0.1, 0.15) is 5.82 Å². The number of nitrogens with one attached hydrogen (secondary N) is 2. The Labute approximate surface area is 149 Å². The van der Waals surface area contributed by atoms with E-state index in [0.717, 1.165) is 24.6 Å². The predicted octanol–water partition coefficient (Wildman–Crippen LogP) is 2.80. The monoisotopic (exact) mass is 345 g/mol. The van der Waals surface area contributed by atoms with Gasteiger partial charge in [-0.25, -0.2) is 4.39 Å². The van der Waals surface area contributed by atoms with E-state index in [1.807, 2.05) is 23.0 Å². The molecule has 0 fully saturated rings. The molecule has 0 amide bonds. The van der Waals surface area contributed by atoms with Crippen LogP contribution in [0.1, 0.15) is 26.3 Å². The molecule has 1 aromatic heterocycles. The average molecular weight is 345 g/mol. The van der Waals surface area contributed by atoms with Crippen LogP contribution in [0, 0.1) is 11.7 Å². The number of aromatic nitrogens is 2. The SMILES string of the molecule is CN=C(NCC(C)Cn1cccn1)NCC(C)(C)c1cccc(F)c1. The third kappa shape index (κ3) is 5.89. The number of halogens is 1. The largest absolute Gasteiger partial charge is 0.356 e. The Morgan fingerprint density at radius 2 is 2.12 bits per heavy atom. The Morgan fingerprint density at radius 1 is 1.32 bits per heavy atom. The van der Waals surface area contributed by atoms with Crippen molar-refractivity contribution < 1.29 is 4.39 Å². The van der Waals surface area contributed by atoms with Gasteiger partial charge in [-0.1, -0.05) is 32.9 Å². The molecule has 2 aromatic rings. The quantitative estimate of drug-likeness (QED) is 0.599. The van der Waals surface area contributed by atoms with E-state index >= 15 is 0 Å². The number of hydrogen-bond acceptors (Lipinski definition) is 2. The summed E-state index contributed by atoms with van der Waals surface area (Å²) in [7, 11) is 1.75. The maximum atomic E-state index is 13.5. The van der Waals surface area contributed by atoms with E-state index in [4.69, 9.17) is 0 Å². The van der Waals surface area contributed by atoms with Crippen LogP contribution in [0.4, 0.5) is 4.39 Å². The summed E-state index contributed by atoms with van der Waals surface area (Å²) in [6.45, 7) is 8.64. The van der Waals surface area contributed by atoms with Crippen molar-refractivity contribution in [3.8, 4) is 0 Å². The smallest absolute Gasteiger partial charge is 0.191 e. The predicted molar refractivity (Wildman–Crippen MR) is 100 cm³/mol. The zero-order valence-electron chi connectivity index (χ0n) is 15.5. The van der Waals surface area contributed by atoms with E-state index in [-0.39, 0.29) is 11.2 Å².